The zero-order chi connectivity index (χ0) is 21.6. The van der Waals surface area contributed by atoms with E-state index in [1.54, 1.807) is 4.90 Å². The van der Waals surface area contributed by atoms with E-state index in [0.29, 0.717) is 51.4 Å². The van der Waals surface area contributed by atoms with Crippen LogP contribution in [0, 0.1) is 17.3 Å². The van der Waals surface area contributed by atoms with Crippen molar-refractivity contribution in [3.05, 3.63) is 0 Å². The maximum Gasteiger partial charge on any atom is 0.238 e. The van der Waals surface area contributed by atoms with Crippen molar-refractivity contribution < 1.29 is 19.8 Å². The molecule has 0 bridgehead atoms. The predicted octanol–water partition coefficient (Wildman–Crippen LogP) is 2.74. The minimum absolute atomic E-state index is 0.262. The first-order valence-corrected chi connectivity index (χ1v) is 11.5. The van der Waals surface area contributed by atoms with Gasteiger partial charge in [0, 0.05) is 0 Å². The molecule has 0 aromatic carbocycles. The van der Waals surface area contributed by atoms with Crippen molar-refractivity contribution in [2.45, 2.75) is 115 Å². The maximum atomic E-state index is 13.9. The minimum atomic E-state index is -1.15. The number of hydrogen-bond acceptors (Lipinski definition) is 4. The van der Waals surface area contributed by atoms with Gasteiger partial charge in [0.15, 0.2) is 0 Å². The summed E-state index contributed by atoms with van der Waals surface area (Å²) < 4.78 is 0. The smallest absolute Gasteiger partial charge is 0.238 e. The average molecular weight is 409 g/mol. The molecule has 3 aliphatic rings. The van der Waals surface area contributed by atoms with Gasteiger partial charge in [0.1, 0.15) is 5.41 Å². The van der Waals surface area contributed by atoms with Crippen LogP contribution in [0.2, 0.25) is 0 Å². The van der Waals surface area contributed by atoms with Crippen molar-refractivity contribution >= 4 is 11.8 Å². The Labute approximate surface area is 175 Å². The van der Waals surface area contributed by atoms with Gasteiger partial charge in [-0.25, -0.2) is 0 Å². The molecule has 2 amide bonds. The molecule has 3 rings (SSSR count). The largest absolute Gasteiger partial charge is 0.388 e. The maximum absolute atomic E-state index is 13.9. The Bertz CT molecular complexity index is 599. The Hall–Kier alpha value is -1.14. The summed E-state index contributed by atoms with van der Waals surface area (Å²) in [5, 5.41) is 22.8. The molecule has 166 valence electrons. The molecule has 3 fully saturated rings. The third kappa shape index (κ3) is 4.07. The van der Waals surface area contributed by atoms with E-state index in [0.717, 1.165) is 12.8 Å². The van der Waals surface area contributed by atoms with Crippen molar-refractivity contribution in [3.8, 4) is 0 Å². The topological polar surface area (TPSA) is 104 Å². The zero-order valence-corrected chi connectivity index (χ0v) is 18.6. The van der Waals surface area contributed by atoms with E-state index in [1.807, 2.05) is 0 Å². The molecular formula is C23H40N2O4. The van der Waals surface area contributed by atoms with Crippen molar-refractivity contribution in [2.24, 2.45) is 23.0 Å². The second-order valence-electron chi connectivity index (χ2n) is 10.9. The number of primary amides is 1. The van der Waals surface area contributed by atoms with Crippen LogP contribution in [-0.4, -0.2) is 50.2 Å². The fourth-order valence-electron chi connectivity index (χ4n) is 5.26. The van der Waals surface area contributed by atoms with Crippen molar-refractivity contribution in [1.29, 1.82) is 0 Å². The van der Waals surface area contributed by atoms with E-state index in [4.69, 9.17) is 5.73 Å². The Balaban J connectivity index is 2.06. The van der Waals surface area contributed by atoms with Gasteiger partial charge in [-0.2, -0.15) is 0 Å². The normalized spacial score (nSPS) is 25.7. The van der Waals surface area contributed by atoms with Crippen LogP contribution in [0.1, 0.15) is 91.9 Å². The van der Waals surface area contributed by atoms with E-state index in [9.17, 15) is 19.8 Å². The fourth-order valence-corrected chi connectivity index (χ4v) is 5.26. The van der Waals surface area contributed by atoms with Gasteiger partial charge in [-0.15, -0.1) is 0 Å². The molecule has 0 heterocycles. The number of hydrogen-bond donors (Lipinski definition) is 3. The van der Waals surface area contributed by atoms with Crippen LogP contribution in [0.15, 0.2) is 0 Å². The van der Waals surface area contributed by atoms with Gasteiger partial charge in [-0.05, 0) is 76.0 Å². The monoisotopic (exact) mass is 408 g/mol. The van der Waals surface area contributed by atoms with Crippen molar-refractivity contribution in [1.82, 2.24) is 4.90 Å². The lowest BCUT2D eigenvalue weighted by atomic mass is 9.67. The first-order valence-electron chi connectivity index (χ1n) is 11.5. The lowest BCUT2D eigenvalue weighted by Crippen LogP contribution is -2.68. The van der Waals surface area contributed by atoms with Gasteiger partial charge in [0.2, 0.25) is 11.8 Å². The molecule has 0 spiro atoms. The van der Waals surface area contributed by atoms with Crippen molar-refractivity contribution in [2.75, 3.05) is 0 Å². The van der Waals surface area contributed by atoms with Crippen molar-refractivity contribution in [3.63, 3.8) is 0 Å². The molecule has 3 saturated carbocycles. The third-order valence-corrected chi connectivity index (χ3v) is 7.61. The number of aliphatic hydroxyl groups is 2. The summed E-state index contributed by atoms with van der Waals surface area (Å²) in [5.41, 5.74) is 2.64. The molecular weight excluding hydrogens is 368 g/mol. The van der Waals surface area contributed by atoms with E-state index in [1.165, 1.54) is 0 Å². The highest BCUT2D eigenvalue weighted by Crippen LogP contribution is 2.52. The second-order valence-corrected chi connectivity index (χ2v) is 10.9. The zero-order valence-electron chi connectivity index (χ0n) is 18.6. The summed E-state index contributed by atoms with van der Waals surface area (Å²) in [6, 6.07) is -0.789. The number of carbonyl (C=O) groups excluding carboxylic acids is 2. The number of nitrogens with zero attached hydrogens (tertiary/aromatic N) is 1. The molecule has 6 heteroatoms. The van der Waals surface area contributed by atoms with Gasteiger partial charge in [0.25, 0.3) is 0 Å². The lowest BCUT2D eigenvalue weighted by Gasteiger charge is -2.56. The third-order valence-electron chi connectivity index (χ3n) is 7.61. The number of rotatable bonds is 10. The van der Waals surface area contributed by atoms with Gasteiger partial charge in [-0.3, -0.25) is 9.59 Å². The van der Waals surface area contributed by atoms with E-state index in [2.05, 4.69) is 27.7 Å². The first kappa shape index (κ1) is 22.5. The fraction of sp³-hybridized carbons (Fsp3) is 0.913. The number of amides is 2. The van der Waals surface area contributed by atoms with Crippen LogP contribution in [0.4, 0.5) is 0 Å². The van der Waals surface area contributed by atoms with E-state index >= 15 is 0 Å². The highest BCUT2D eigenvalue weighted by Gasteiger charge is 2.62. The van der Waals surface area contributed by atoms with Crippen LogP contribution in [0.25, 0.3) is 0 Å². The molecule has 6 nitrogen and oxygen atoms in total. The van der Waals surface area contributed by atoms with Crippen LogP contribution in [0.5, 0.6) is 0 Å². The van der Waals surface area contributed by atoms with E-state index < -0.39 is 34.6 Å². The average Bonchev–Trinajstić information content (AvgIpc) is 3.37. The first-order chi connectivity index (χ1) is 13.5. The minimum Gasteiger partial charge on any atom is -0.388 e. The Morgan fingerprint density at radius 3 is 1.41 bits per heavy atom. The highest BCUT2D eigenvalue weighted by molar-refractivity contribution is 6.07. The molecule has 3 aliphatic carbocycles. The standard InChI is InChI=1S/C23H40N2O4/c1-15(2)13-17(22(28)7-5-8-22)25(20(27)21(11-12-21)19(24)26)18(14-16(3)4)23(29)9-6-10-23/h15-18,28-29H,5-14H2,1-4H3,(H2,24,26)/t17-,18-/m1/s1. The molecule has 0 saturated heterocycles. The highest BCUT2D eigenvalue weighted by atomic mass is 16.3. The summed E-state index contributed by atoms with van der Waals surface area (Å²) in [6.45, 7) is 8.37. The predicted molar refractivity (Wildman–Crippen MR) is 112 cm³/mol. The molecule has 0 aromatic heterocycles. The lowest BCUT2D eigenvalue weighted by molar-refractivity contribution is -0.185. The molecule has 0 radical (unpaired) electrons. The van der Waals surface area contributed by atoms with Crippen LogP contribution in [-0.2, 0) is 9.59 Å². The summed E-state index contributed by atoms with van der Waals surface area (Å²) in [5.74, 6) is -0.277. The Morgan fingerprint density at radius 1 is 0.828 bits per heavy atom. The SMILES string of the molecule is CC(C)C[C@@H](N(C(=O)C1(C(N)=O)CC1)[C@H](CC(C)C)C1(O)CCC1)C1(O)CCC1. The van der Waals surface area contributed by atoms with Gasteiger partial charge in [-0.1, -0.05) is 27.7 Å². The number of nitrogens with two attached hydrogens (primary N) is 1. The molecule has 4 N–H and O–H groups in total. The molecule has 0 aliphatic heterocycles. The summed E-state index contributed by atoms with van der Waals surface area (Å²) in [4.78, 5) is 27.9. The molecule has 2 atom stereocenters. The second kappa shape index (κ2) is 7.84. The van der Waals surface area contributed by atoms with Crippen LogP contribution >= 0.6 is 0 Å². The van der Waals surface area contributed by atoms with Gasteiger partial charge >= 0.3 is 0 Å². The van der Waals surface area contributed by atoms with Crippen LogP contribution in [0.3, 0.4) is 0 Å². The molecule has 0 aromatic rings. The Kier molecular flexibility index (Phi) is 6.10. The molecule has 29 heavy (non-hydrogen) atoms. The van der Waals surface area contributed by atoms with E-state index in [-0.39, 0.29) is 17.7 Å². The summed E-state index contributed by atoms with van der Waals surface area (Å²) in [7, 11) is 0. The summed E-state index contributed by atoms with van der Waals surface area (Å²) in [6.07, 6.45) is 6.75. The van der Waals surface area contributed by atoms with Crippen LogP contribution < -0.4 is 5.73 Å². The number of carbonyl (C=O) groups is 2. The molecule has 0 unspecified atom stereocenters. The Morgan fingerprint density at radius 2 is 1.21 bits per heavy atom. The van der Waals surface area contributed by atoms with Gasteiger partial charge in [0.05, 0.1) is 23.3 Å². The summed E-state index contributed by atoms with van der Waals surface area (Å²) >= 11 is 0. The quantitative estimate of drug-likeness (QED) is 0.484. The van der Waals surface area contributed by atoms with Gasteiger partial charge < -0.3 is 20.8 Å².